The van der Waals surface area contributed by atoms with Crippen LogP contribution in [-0.4, -0.2) is 51.7 Å². The van der Waals surface area contributed by atoms with E-state index in [1.807, 2.05) is 0 Å². The molecule has 0 aliphatic carbocycles. The first-order valence-electron chi connectivity index (χ1n) is 4.84. The fourth-order valence-electron chi connectivity index (χ4n) is 0.387. The Morgan fingerprint density at radius 2 is 1.40 bits per heavy atom. The van der Waals surface area contributed by atoms with Crippen LogP contribution < -0.4 is 0 Å². The van der Waals surface area contributed by atoms with Gasteiger partial charge in [-0.05, 0) is 0 Å². The Bertz CT molecular complexity index is 130. The number of methoxy groups -OCH3 is 2. The zero-order valence-electron chi connectivity index (χ0n) is 9.99. The Morgan fingerprint density at radius 3 is 1.60 bits per heavy atom. The highest BCUT2D eigenvalue weighted by Crippen LogP contribution is 1.87. The van der Waals surface area contributed by atoms with Gasteiger partial charge in [0, 0.05) is 14.2 Å². The zero-order valence-corrected chi connectivity index (χ0v) is 9.99. The van der Waals surface area contributed by atoms with Crippen molar-refractivity contribution in [2.75, 3.05) is 40.6 Å². The lowest BCUT2D eigenvalue weighted by molar-refractivity contribution is -0.140. The van der Waals surface area contributed by atoms with E-state index in [-0.39, 0.29) is 5.92 Å². The molecule has 0 aliphatic heterocycles. The molecular formula is C10H22O5. The average molecular weight is 222 g/mol. The predicted molar refractivity (Wildman–Crippen MR) is 57.0 cm³/mol. The van der Waals surface area contributed by atoms with Gasteiger partial charge in [0.25, 0.3) is 0 Å². The summed E-state index contributed by atoms with van der Waals surface area (Å²) in [5, 5.41) is 7.99. The molecule has 0 aromatic rings. The van der Waals surface area contributed by atoms with Crippen molar-refractivity contribution in [2.45, 2.75) is 13.8 Å². The van der Waals surface area contributed by atoms with E-state index in [1.165, 1.54) is 0 Å². The maximum atomic E-state index is 9.70. The molecule has 92 valence electrons. The Balaban J connectivity index is 0. The third-order valence-electron chi connectivity index (χ3n) is 1.36. The minimum Gasteiger partial charge on any atom is -0.481 e. The molecule has 1 N–H and O–H groups in total. The van der Waals surface area contributed by atoms with Gasteiger partial charge in [-0.15, -0.1) is 0 Å². The monoisotopic (exact) mass is 222 g/mol. The molecule has 0 saturated carbocycles. The molecule has 0 radical (unpaired) electrons. The molecule has 0 unspecified atom stereocenters. The molecular weight excluding hydrogens is 200 g/mol. The average Bonchev–Trinajstić information content (AvgIpc) is 2.18. The molecule has 0 fully saturated rings. The minimum absolute atomic E-state index is 0.231. The highest BCUT2D eigenvalue weighted by molar-refractivity contribution is 5.68. The van der Waals surface area contributed by atoms with Crippen LogP contribution >= 0.6 is 0 Å². The van der Waals surface area contributed by atoms with Gasteiger partial charge in [-0.1, -0.05) is 13.8 Å². The van der Waals surface area contributed by atoms with E-state index in [2.05, 4.69) is 0 Å². The summed E-state index contributed by atoms with van der Waals surface area (Å²) >= 11 is 0. The minimum atomic E-state index is -0.741. The van der Waals surface area contributed by atoms with Crippen molar-refractivity contribution in [3.8, 4) is 0 Å². The van der Waals surface area contributed by atoms with Crippen LogP contribution in [0, 0.1) is 5.92 Å². The van der Waals surface area contributed by atoms with Gasteiger partial charge in [-0.25, -0.2) is 0 Å². The summed E-state index contributed by atoms with van der Waals surface area (Å²) in [6, 6.07) is 0. The summed E-state index contributed by atoms with van der Waals surface area (Å²) in [4.78, 5) is 9.70. The fourth-order valence-corrected chi connectivity index (χ4v) is 0.387. The van der Waals surface area contributed by atoms with Crippen molar-refractivity contribution in [3.05, 3.63) is 0 Å². The molecule has 0 spiro atoms. The first kappa shape index (κ1) is 16.8. The van der Waals surface area contributed by atoms with E-state index >= 15 is 0 Å². The number of carbonyl (C=O) groups is 1. The van der Waals surface area contributed by atoms with Crippen LogP contribution in [-0.2, 0) is 19.0 Å². The molecule has 0 amide bonds. The Hall–Kier alpha value is -0.650. The number of rotatable bonds is 7. The second kappa shape index (κ2) is 13.4. The van der Waals surface area contributed by atoms with Crippen molar-refractivity contribution < 1.29 is 24.1 Å². The number of ether oxygens (including phenoxy) is 3. The predicted octanol–water partition coefficient (Wildman–Crippen LogP) is 1.02. The highest BCUT2D eigenvalue weighted by atomic mass is 16.5. The number of aliphatic carboxylic acids is 1. The van der Waals surface area contributed by atoms with Crippen LogP contribution in [0.25, 0.3) is 0 Å². The van der Waals surface area contributed by atoms with Crippen molar-refractivity contribution in [3.63, 3.8) is 0 Å². The van der Waals surface area contributed by atoms with Crippen molar-refractivity contribution in [1.82, 2.24) is 0 Å². The van der Waals surface area contributed by atoms with E-state index in [0.717, 1.165) is 0 Å². The van der Waals surface area contributed by atoms with Gasteiger partial charge < -0.3 is 19.3 Å². The topological polar surface area (TPSA) is 65.0 Å². The van der Waals surface area contributed by atoms with Gasteiger partial charge in [0.2, 0.25) is 0 Å². The van der Waals surface area contributed by atoms with Crippen molar-refractivity contribution in [1.29, 1.82) is 0 Å². The lowest BCUT2D eigenvalue weighted by atomic mass is 10.2. The molecule has 0 aromatic heterocycles. The van der Waals surface area contributed by atoms with Gasteiger partial charge in [0.05, 0.1) is 32.3 Å². The van der Waals surface area contributed by atoms with E-state index in [0.29, 0.717) is 26.4 Å². The molecule has 0 atom stereocenters. The molecule has 0 aliphatic rings. The Labute approximate surface area is 91.3 Å². The molecule has 5 heteroatoms. The van der Waals surface area contributed by atoms with E-state index in [1.54, 1.807) is 28.1 Å². The van der Waals surface area contributed by atoms with Gasteiger partial charge in [-0.2, -0.15) is 0 Å². The lowest BCUT2D eigenvalue weighted by Crippen LogP contribution is -2.06. The number of carboxylic acid groups (broad SMARTS) is 1. The Morgan fingerprint density at radius 1 is 1.07 bits per heavy atom. The molecule has 0 bridgehead atoms. The van der Waals surface area contributed by atoms with Gasteiger partial charge in [0.1, 0.15) is 0 Å². The summed E-state index contributed by atoms with van der Waals surface area (Å²) in [6.45, 7) is 5.90. The number of hydrogen-bond donors (Lipinski definition) is 1. The van der Waals surface area contributed by atoms with Gasteiger partial charge in [0.15, 0.2) is 0 Å². The largest absolute Gasteiger partial charge is 0.481 e. The molecule has 0 heterocycles. The van der Waals surface area contributed by atoms with Crippen molar-refractivity contribution >= 4 is 5.97 Å². The summed E-state index contributed by atoms with van der Waals surface area (Å²) in [7, 11) is 3.30. The smallest absolute Gasteiger partial charge is 0.305 e. The molecule has 0 saturated heterocycles. The first-order chi connectivity index (χ1) is 7.06. The van der Waals surface area contributed by atoms with Crippen LogP contribution in [0.4, 0.5) is 0 Å². The highest BCUT2D eigenvalue weighted by Gasteiger charge is 1.99. The number of hydrogen-bond acceptors (Lipinski definition) is 4. The lowest BCUT2D eigenvalue weighted by Gasteiger charge is -2.00. The quantitative estimate of drug-likeness (QED) is 0.651. The standard InChI is InChI=1S/C6H14O3.C4H8O2/c1-7-3-5-9-6-4-8-2;1-3(2)4(5)6/h3-6H2,1-2H3;3H,1-2H3,(H,5,6). The fraction of sp³-hybridized carbons (Fsp3) is 0.900. The molecule has 0 aromatic carbocycles. The maximum Gasteiger partial charge on any atom is 0.305 e. The van der Waals surface area contributed by atoms with Gasteiger partial charge >= 0.3 is 5.97 Å². The third-order valence-corrected chi connectivity index (χ3v) is 1.36. The first-order valence-corrected chi connectivity index (χ1v) is 4.84. The summed E-state index contributed by atoms with van der Waals surface area (Å²) in [5.41, 5.74) is 0. The van der Waals surface area contributed by atoms with Crippen LogP contribution in [0.2, 0.25) is 0 Å². The SMILES string of the molecule is CC(C)C(=O)O.COCCOCCOC. The summed E-state index contributed by atoms with van der Waals surface area (Å²) in [6.07, 6.45) is 0. The number of carboxylic acids is 1. The van der Waals surface area contributed by atoms with Crippen LogP contribution in [0.1, 0.15) is 13.8 Å². The van der Waals surface area contributed by atoms with Crippen LogP contribution in [0.3, 0.4) is 0 Å². The maximum absolute atomic E-state index is 9.70. The molecule has 5 nitrogen and oxygen atoms in total. The third kappa shape index (κ3) is 19.7. The van der Waals surface area contributed by atoms with E-state index < -0.39 is 5.97 Å². The van der Waals surface area contributed by atoms with Crippen molar-refractivity contribution in [2.24, 2.45) is 5.92 Å². The van der Waals surface area contributed by atoms with E-state index in [4.69, 9.17) is 19.3 Å². The molecule has 0 rings (SSSR count). The summed E-state index contributed by atoms with van der Waals surface area (Å²) < 4.78 is 14.6. The van der Waals surface area contributed by atoms with E-state index in [9.17, 15) is 4.79 Å². The summed E-state index contributed by atoms with van der Waals surface area (Å²) in [5.74, 6) is -0.972. The zero-order chi connectivity index (χ0) is 12.1. The van der Waals surface area contributed by atoms with Crippen LogP contribution in [0.15, 0.2) is 0 Å². The van der Waals surface area contributed by atoms with Gasteiger partial charge in [-0.3, -0.25) is 4.79 Å². The molecule has 15 heavy (non-hydrogen) atoms. The van der Waals surface area contributed by atoms with Crippen LogP contribution in [0.5, 0.6) is 0 Å². The second-order valence-corrected chi connectivity index (χ2v) is 3.09. The Kier molecular flexibility index (Phi) is 14.9. The normalized spacial score (nSPS) is 9.67. The second-order valence-electron chi connectivity index (χ2n) is 3.09.